The van der Waals surface area contributed by atoms with Crippen LogP contribution in [0.2, 0.25) is 0 Å². The van der Waals surface area contributed by atoms with Crippen molar-refractivity contribution in [2.45, 2.75) is 33.5 Å². The Balaban J connectivity index is 1.56. The van der Waals surface area contributed by atoms with Crippen LogP contribution in [0.1, 0.15) is 24.3 Å². The molecule has 4 heterocycles. The molecule has 5 rings (SSSR count). The van der Waals surface area contributed by atoms with Gasteiger partial charge in [-0.25, -0.2) is 19.3 Å². The molecule has 1 fully saturated rings. The van der Waals surface area contributed by atoms with Gasteiger partial charge in [-0.05, 0) is 45.5 Å². The Kier molecular flexibility index (Phi) is 7.83. The van der Waals surface area contributed by atoms with Gasteiger partial charge in [0.25, 0.3) is 0 Å². The molecule has 4 aromatic rings. The van der Waals surface area contributed by atoms with Crippen LogP contribution < -0.4 is 19.7 Å². The number of hydrogen-bond donors (Lipinski definition) is 2. The van der Waals surface area contributed by atoms with Crippen LogP contribution >= 0.6 is 11.3 Å². The molecule has 1 saturated heterocycles. The first-order valence-corrected chi connectivity index (χ1v) is 13.7. The van der Waals surface area contributed by atoms with E-state index in [4.69, 9.17) is 14.5 Å². The highest BCUT2D eigenvalue weighted by Crippen LogP contribution is 2.42. The number of aromatic nitrogens is 3. The zero-order valence-electron chi connectivity index (χ0n) is 22.8. The molecular formula is C28H33FN6O3S. The minimum atomic E-state index is -0.507. The third kappa shape index (κ3) is 5.61. The third-order valence-electron chi connectivity index (χ3n) is 6.68. The first-order valence-electron chi connectivity index (χ1n) is 12.9. The zero-order valence-corrected chi connectivity index (χ0v) is 23.6. The van der Waals surface area contributed by atoms with E-state index in [1.54, 1.807) is 6.20 Å². The highest BCUT2D eigenvalue weighted by Gasteiger charge is 2.22. The predicted octanol–water partition coefficient (Wildman–Crippen LogP) is 4.98. The van der Waals surface area contributed by atoms with E-state index in [1.807, 2.05) is 13.8 Å². The van der Waals surface area contributed by atoms with Crippen LogP contribution in [-0.2, 0) is 6.61 Å². The lowest BCUT2D eigenvalue weighted by Gasteiger charge is -2.35. The number of halogens is 1. The summed E-state index contributed by atoms with van der Waals surface area (Å²) in [4.78, 5) is 18.7. The van der Waals surface area contributed by atoms with Crippen molar-refractivity contribution < 1.29 is 19.0 Å². The van der Waals surface area contributed by atoms with E-state index in [0.29, 0.717) is 33.2 Å². The Labute approximate surface area is 231 Å². The average Bonchev–Trinajstić information content (AvgIpc) is 3.28. The monoisotopic (exact) mass is 552 g/mol. The summed E-state index contributed by atoms with van der Waals surface area (Å²) in [5.74, 6) is 0.815. The number of methoxy groups -OCH3 is 1. The molecule has 9 nitrogen and oxygen atoms in total. The van der Waals surface area contributed by atoms with Gasteiger partial charge in [0.1, 0.15) is 11.6 Å². The first-order chi connectivity index (χ1) is 18.8. The lowest BCUT2D eigenvalue weighted by Crippen LogP contribution is -2.44. The molecule has 206 valence electrons. The molecule has 0 unspecified atom stereocenters. The van der Waals surface area contributed by atoms with E-state index in [0.717, 1.165) is 54.0 Å². The Morgan fingerprint density at radius 3 is 2.59 bits per heavy atom. The van der Waals surface area contributed by atoms with Crippen molar-refractivity contribution in [3.8, 4) is 22.8 Å². The van der Waals surface area contributed by atoms with Gasteiger partial charge in [0.2, 0.25) is 11.8 Å². The molecule has 0 saturated carbocycles. The highest BCUT2D eigenvalue weighted by molar-refractivity contribution is 7.19. The molecule has 1 aliphatic heterocycles. The number of benzene rings is 1. The third-order valence-corrected chi connectivity index (χ3v) is 7.78. The van der Waals surface area contributed by atoms with Crippen molar-refractivity contribution in [3.05, 3.63) is 46.9 Å². The van der Waals surface area contributed by atoms with Crippen LogP contribution in [-0.4, -0.2) is 71.4 Å². The fraction of sp³-hybridized carbons (Fsp3) is 0.393. The van der Waals surface area contributed by atoms with Gasteiger partial charge in [0.15, 0.2) is 0 Å². The van der Waals surface area contributed by atoms with Crippen LogP contribution in [0.5, 0.6) is 11.6 Å². The average molecular weight is 553 g/mol. The van der Waals surface area contributed by atoms with E-state index >= 15 is 0 Å². The van der Waals surface area contributed by atoms with Gasteiger partial charge in [-0.1, -0.05) is 0 Å². The number of thiophene rings is 1. The summed E-state index contributed by atoms with van der Waals surface area (Å²) in [5, 5.41) is 13.4. The molecule has 0 amide bonds. The van der Waals surface area contributed by atoms with Gasteiger partial charge in [-0.15, -0.1) is 11.3 Å². The number of aliphatic hydroxyl groups is 1. The van der Waals surface area contributed by atoms with Crippen LogP contribution in [0.25, 0.3) is 21.3 Å². The largest absolute Gasteiger partial charge is 0.489 e. The van der Waals surface area contributed by atoms with Crippen molar-refractivity contribution in [2.24, 2.45) is 0 Å². The number of aryl methyl sites for hydroxylation is 1. The minimum Gasteiger partial charge on any atom is -0.489 e. The molecule has 0 radical (unpaired) electrons. The Morgan fingerprint density at radius 2 is 1.90 bits per heavy atom. The molecule has 0 bridgehead atoms. The van der Waals surface area contributed by atoms with Gasteiger partial charge >= 0.3 is 0 Å². The number of ether oxygens (including phenoxy) is 2. The first kappa shape index (κ1) is 27.0. The maximum Gasteiger partial charge on any atom is 0.227 e. The topological polar surface area (TPSA) is 95.9 Å². The van der Waals surface area contributed by atoms with E-state index in [-0.39, 0.29) is 18.6 Å². The Morgan fingerprint density at radius 1 is 1.13 bits per heavy atom. The standard InChI is InChI=1S/C28H33FN6O3S/c1-16(2)38-22-12-21(35-8-6-34(4)7-9-35)17(3)10-20(22)32-28-31-14-23-26(33-28)25(24(15-36)39-23)19-11-18(29)13-30-27(19)37-5/h10-14,16,36H,6-9,15H2,1-5H3,(H,31,32,33). The predicted molar refractivity (Wildman–Crippen MR) is 153 cm³/mol. The molecule has 39 heavy (non-hydrogen) atoms. The molecule has 0 aliphatic carbocycles. The van der Waals surface area contributed by atoms with E-state index in [9.17, 15) is 9.50 Å². The quantitative estimate of drug-likeness (QED) is 0.314. The van der Waals surface area contributed by atoms with Crippen molar-refractivity contribution in [1.29, 1.82) is 0 Å². The zero-order chi connectivity index (χ0) is 27.7. The van der Waals surface area contributed by atoms with Gasteiger partial charge in [0.05, 0.1) is 53.7 Å². The number of rotatable bonds is 8. The summed E-state index contributed by atoms with van der Waals surface area (Å²) < 4.78 is 26.6. The second kappa shape index (κ2) is 11.3. The van der Waals surface area contributed by atoms with Gasteiger partial charge < -0.3 is 29.7 Å². The van der Waals surface area contributed by atoms with E-state index in [2.05, 4.69) is 51.2 Å². The van der Waals surface area contributed by atoms with E-state index in [1.165, 1.54) is 24.5 Å². The highest BCUT2D eigenvalue weighted by atomic mass is 32.1. The van der Waals surface area contributed by atoms with E-state index < -0.39 is 5.82 Å². The number of nitrogens with one attached hydrogen (secondary N) is 1. The van der Waals surface area contributed by atoms with Gasteiger partial charge in [0, 0.05) is 48.4 Å². The number of piperazine rings is 1. The molecule has 0 atom stereocenters. The molecule has 0 spiro atoms. The van der Waals surface area contributed by atoms with Crippen LogP contribution in [0.4, 0.5) is 21.7 Å². The summed E-state index contributed by atoms with van der Waals surface area (Å²) in [5.41, 5.74) is 4.60. The Hall–Kier alpha value is -3.54. The lowest BCUT2D eigenvalue weighted by molar-refractivity contribution is 0.243. The molecule has 11 heteroatoms. The molecule has 1 aliphatic rings. The SMILES string of the molecule is COc1ncc(F)cc1-c1c(CO)sc2cnc(Nc3cc(C)c(N4CCN(C)CC4)cc3OC(C)C)nc12. The molecular weight excluding hydrogens is 519 g/mol. The maximum atomic E-state index is 14.2. The fourth-order valence-corrected chi connectivity index (χ4v) is 5.78. The number of aliphatic hydroxyl groups excluding tert-OH is 1. The molecule has 3 aromatic heterocycles. The number of hydrogen-bond acceptors (Lipinski definition) is 10. The number of fused-ring (bicyclic) bond motifs is 1. The minimum absolute atomic E-state index is 0.0273. The van der Waals surface area contributed by atoms with Crippen LogP contribution in [0.3, 0.4) is 0 Å². The normalized spacial score (nSPS) is 14.3. The summed E-state index contributed by atoms with van der Waals surface area (Å²) >= 11 is 1.35. The second-order valence-corrected chi connectivity index (χ2v) is 11.0. The molecule has 1 aromatic carbocycles. The van der Waals surface area contributed by atoms with Crippen molar-refractivity contribution in [1.82, 2.24) is 19.9 Å². The summed E-state index contributed by atoms with van der Waals surface area (Å²) in [7, 11) is 3.62. The molecule has 2 N–H and O–H groups in total. The van der Waals surface area contributed by atoms with Crippen molar-refractivity contribution in [3.63, 3.8) is 0 Å². The van der Waals surface area contributed by atoms with Gasteiger partial charge in [-0.3, -0.25) is 0 Å². The fourth-order valence-electron chi connectivity index (χ4n) is 4.79. The summed E-state index contributed by atoms with van der Waals surface area (Å²) in [6.45, 7) is 9.78. The van der Waals surface area contributed by atoms with Gasteiger partial charge in [-0.2, -0.15) is 0 Å². The summed E-state index contributed by atoms with van der Waals surface area (Å²) in [6, 6.07) is 5.49. The number of pyridine rings is 1. The summed E-state index contributed by atoms with van der Waals surface area (Å²) in [6.07, 6.45) is 2.77. The smallest absolute Gasteiger partial charge is 0.227 e. The second-order valence-electron chi connectivity index (χ2n) is 9.89. The van der Waals surface area contributed by atoms with Crippen LogP contribution in [0, 0.1) is 12.7 Å². The Bertz CT molecular complexity index is 1490. The van der Waals surface area contributed by atoms with Crippen molar-refractivity contribution >= 4 is 38.9 Å². The maximum absolute atomic E-state index is 14.2. The number of anilines is 3. The lowest BCUT2D eigenvalue weighted by atomic mass is 10.1. The number of nitrogens with zero attached hydrogens (tertiary/aromatic N) is 5. The van der Waals surface area contributed by atoms with Crippen molar-refractivity contribution in [2.75, 3.05) is 50.6 Å². The van der Waals surface area contributed by atoms with Crippen LogP contribution in [0.15, 0.2) is 30.6 Å². The number of likely N-dealkylation sites (N-methyl/N-ethyl adjacent to an activating group) is 1.